The van der Waals surface area contributed by atoms with Crippen LogP contribution in [-0.4, -0.2) is 30.2 Å². The van der Waals surface area contributed by atoms with Crippen LogP contribution >= 0.6 is 0 Å². The summed E-state index contributed by atoms with van der Waals surface area (Å²) in [5, 5.41) is 8.90. The maximum atomic E-state index is 12.9. The molecule has 0 aromatic carbocycles. The van der Waals surface area contributed by atoms with Crippen LogP contribution in [0.4, 0.5) is 4.39 Å². The summed E-state index contributed by atoms with van der Waals surface area (Å²) in [6.07, 6.45) is 0.802. The third kappa shape index (κ3) is 2.95. The van der Waals surface area contributed by atoms with Crippen molar-refractivity contribution in [1.29, 1.82) is 5.26 Å². The van der Waals surface area contributed by atoms with E-state index in [0.29, 0.717) is 19.0 Å². The van der Waals surface area contributed by atoms with Gasteiger partial charge >= 0.3 is 0 Å². The van der Waals surface area contributed by atoms with E-state index < -0.39 is 6.17 Å². The number of alkyl halides is 1. The Morgan fingerprint density at radius 1 is 1.64 bits per heavy atom. The molecule has 0 aromatic rings. The minimum Gasteiger partial charge on any atom is -0.298 e. The molecule has 14 heavy (non-hydrogen) atoms. The summed E-state index contributed by atoms with van der Waals surface area (Å²) < 4.78 is 12.9. The Kier molecular flexibility index (Phi) is 3.49. The van der Waals surface area contributed by atoms with E-state index in [-0.39, 0.29) is 5.41 Å². The lowest BCUT2D eigenvalue weighted by atomic mass is 9.87. The van der Waals surface area contributed by atoms with Gasteiger partial charge < -0.3 is 0 Å². The van der Waals surface area contributed by atoms with Crippen molar-refractivity contribution in [3.05, 3.63) is 0 Å². The van der Waals surface area contributed by atoms with Crippen molar-refractivity contribution < 1.29 is 4.39 Å². The molecule has 2 nitrogen and oxygen atoms in total. The van der Waals surface area contributed by atoms with Gasteiger partial charge in [0.1, 0.15) is 6.17 Å². The fraction of sp³-hybridized carbons (Fsp3) is 0.909. The summed E-state index contributed by atoms with van der Waals surface area (Å²) in [6, 6.07) is 2.60. The van der Waals surface area contributed by atoms with Gasteiger partial charge in [-0.3, -0.25) is 4.90 Å². The summed E-state index contributed by atoms with van der Waals surface area (Å²) in [4.78, 5) is 2.14. The first kappa shape index (κ1) is 11.5. The van der Waals surface area contributed by atoms with E-state index in [4.69, 9.17) is 5.26 Å². The Morgan fingerprint density at radius 2 is 2.29 bits per heavy atom. The Morgan fingerprint density at radius 3 is 2.71 bits per heavy atom. The molecule has 1 aliphatic rings. The summed E-state index contributed by atoms with van der Waals surface area (Å²) in [5.74, 6) is 0. The van der Waals surface area contributed by atoms with Gasteiger partial charge in [0.25, 0.3) is 0 Å². The van der Waals surface area contributed by atoms with Gasteiger partial charge in [-0.05, 0) is 33.6 Å². The molecule has 1 fully saturated rings. The van der Waals surface area contributed by atoms with Gasteiger partial charge in [-0.15, -0.1) is 0 Å². The van der Waals surface area contributed by atoms with E-state index in [9.17, 15) is 4.39 Å². The third-order valence-electron chi connectivity index (χ3n) is 2.89. The zero-order valence-electron chi connectivity index (χ0n) is 9.26. The molecular weight excluding hydrogens is 179 g/mol. The van der Waals surface area contributed by atoms with Gasteiger partial charge in [0.2, 0.25) is 0 Å². The van der Waals surface area contributed by atoms with Gasteiger partial charge in [-0.25, -0.2) is 4.39 Å². The fourth-order valence-corrected chi connectivity index (χ4v) is 2.06. The topological polar surface area (TPSA) is 27.0 Å². The molecule has 0 N–H and O–H groups in total. The zero-order chi connectivity index (χ0) is 10.8. The molecule has 2 unspecified atom stereocenters. The van der Waals surface area contributed by atoms with Crippen LogP contribution in [0.15, 0.2) is 0 Å². The van der Waals surface area contributed by atoms with Crippen LogP contribution in [0.2, 0.25) is 0 Å². The first-order valence-electron chi connectivity index (χ1n) is 5.24. The normalized spacial score (nSPS) is 26.1. The molecule has 0 bridgehead atoms. The third-order valence-corrected chi connectivity index (χ3v) is 2.89. The van der Waals surface area contributed by atoms with E-state index in [0.717, 1.165) is 13.0 Å². The second-order valence-corrected chi connectivity index (χ2v) is 4.93. The van der Waals surface area contributed by atoms with Gasteiger partial charge in [0.15, 0.2) is 0 Å². The summed E-state index contributed by atoms with van der Waals surface area (Å²) in [6.45, 7) is 7.34. The zero-order valence-corrected chi connectivity index (χ0v) is 9.26. The number of hydrogen-bond acceptors (Lipinski definition) is 2. The molecule has 0 saturated carbocycles. The first-order chi connectivity index (χ1) is 6.44. The van der Waals surface area contributed by atoms with Crippen LogP contribution in [0.3, 0.4) is 0 Å². The maximum Gasteiger partial charge on any atom is 0.114 e. The van der Waals surface area contributed by atoms with Crippen molar-refractivity contribution in [2.24, 2.45) is 5.41 Å². The maximum absolute atomic E-state index is 12.9. The molecule has 0 amide bonds. The van der Waals surface area contributed by atoms with Crippen molar-refractivity contribution >= 4 is 0 Å². The molecule has 80 valence electrons. The van der Waals surface area contributed by atoms with Crippen molar-refractivity contribution in [2.45, 2.75) is 45.8 Å². The Balaban J connectivity index is 2.43. The first-order valence-corrected chi connectivity index (χ1v) is 5.24. The quantitative estimate of drug-likeness (QED) is 0.696. The predicted molar refractivity (Wildman–Crippen MR) is 54.6 cm³/mol. The minimum absolute atomic E-state index is 0.298. The van der Waals surface area contributed by atoms with Gasteiger partial charge in [0, 0.05) is 19.1 Å². The number of halogens is 1. The van der Waals surface area contributed by atoms with E-state index in [1.807, 2.05) is 13.8 Å². The minimum atomic E-state index is -0.664. The van der Waals surface area contributed by atoms with Crippen LogP contribution in [0.5, 0.6) is 0 Å². The van der Waals surface area contributed by atoms with Crippen LogP contribution in [0.1, 0.15) is 33.6 Å². The lowest BCUT2D eigenvalue weighted by molar-refractivity contribution is 0.193. The molecule has 0 aromatic heterocycles. The van der Waals surface area contributed by atoms with Gasteiger partial charge in [0.05, 0.1) is 11.5 Å². The predicted octanol–water partition coefficient (Wildman–Crippen LogP) is 2.36. The highest BCUT2D eigenvalue weighted by Gasteiger charge is 2.29. The Labute approximate surface area is 85.7 Å². The number of nitrogens with zero attached hydrogens (tertiary/aromatic N) is 2. The number of likely N-dealkylation sites (tertiary alicyclic amines) is 1. The van der Waals surface area contributed by atoms with Crippen LogP contribution in [-0.2, 0) is 0 Å². The second-order valence-electron chi connectivity index (χ2n) is 4.93. The molecule has 0 spiro atoms. The standard InChI is InChI=1S/C11H19FN2/c1-9(6-11(2,3)8-13)14-5-4-10(12)7-14/h9-10H,4-7H2,1-3H3. The number of rotatable bonds is 3. The molecule has 1 aliphatic heterocycles. The highest BCUT2D eigenvalue weighted by atomic mass is 19.1. The van der Waals surface area contributed by atoms with Crippen molar-refractivity contribution in [3.8, 4) is 6.07 Å². The molecular formula is C11H19FN2. The average molecular weight is 198 g/mol. The molecule has 1 saturated heterocycles. The highest BCUT2D eigenvalue weighted by Crippen LogP contribution is 2.26. The monoisotopic (exact) mass is 198 g/mol. The van der Waals surface area contributed by atoms with Crippen LogP contribution < -0.4 is 0 Å². The molecule has 2 atom stereocenters. The van der Waals surface area contributed by atoms with Crippen LogP contribution in [0.25, 0.3) is 0 Å². The largest absolute Gasteiger partial charge is 0.298 e. The second kappa shape index (κ2) is 4.27. The Bertz CT molecular complexity index is 232. The molecule has 3 heteroatoms. The van der Waals surface area contributed by atoms with E-state index in [2.05, 4.69) is 17.9 Å². The van der Waals surface area contributed by atoms with Crippen molar-refractivity contribution in [2.75, 3.05) is 13.1 Å². The molecule has 0 aliphatic carbocycles. The van der Waals surface area contributed by atoms with Gasteiger partial charge in [-0.1, -0.05) is 0 Å². The number of hydrogen-bond donors (Lipinski definition) is 0. The van der Waals surface area contributed by atoms with E-state index in [1.54, 1.807) is 0 Å². The van der Waals surface area contributed by atoms with E-state index in [1.165, 1.54) is 0 Å². The molecule has 1 heterocycles. The number of nitriles is 1. The molecule has 1 rings (SSSR count). The highest BCUT2D eigenvalue weighted by molar-refractivity contribution is 4.95. The summed E-state index contributed by atoms with van der Waals surface area (Å²) in [7, 11) is 0. The summed E-state index contributed by atoms with van der Waals surface area (Å²) >= 11 is 0. The molecule has 0 radical (unpaired) electrons. The summed E-state index contributed by atoms with van der Waals surface area (Å²) in [5.41, 5.74) is -0.298. The van der Waals surface area contributed by atoms with E-state index >= 15 is 0 Å². The van der Waals surface area contributed by atoms with Crippen molar-refractivity contribution in [1.82, 2.24) is 4.90 Å². The smallest absolute Gasteiger partial charge is 0.114 e. The fourth-order valence-electron chi connectivity index (χ4n) is 2.06. The SMILES string of the molecule is CC(CC(C)(C)C#N)N1CCC(F)C1. The lowest BCUT2D eigenvalue weighted by Crippen LogP contribution is -2.34. The Hall–Kier alpha value is -0.620. The lowest BCUT2D eigenvalue weighted by Gasteiger charge is -2.28. The van der Waals surface area contributed by atoms with Gasteiger partial charge in [-0.2, -0.15) is 5.26 Å². The van der Waals surface area contributed by atoms with Crippen LogP contribution in [0, 0.1) is 16.7 Å². The average Bonchev–Trinajstić information content (AvgIpc) is 2.51. The van der Waals surface area contributed by atoms with Crippen molar-refractivity contribution in [3.63, 3.8) is 0 Å².